The molecule has 0 radical (unpaired) electrons. The van der Waals surface area contributed by atoms with E-state index in [2.05, 4.69) is 31.2 Å². The second-order valence-corrected chi connectivity index (χ2v) is 8.97. The molecule has 0 aliphatic carbocycles. The molecule has 1 amide bonds. The summed E-state index contributed by atoms with van der Waals surface area (Å²) in [5.74, 6) is -0.0955. The Bertz CT molecular complexity index is 627. The number of rotatable bonds is 6. The Kier molecular flexibility index (Phi) is 5.40. The number of aromatic nitrogens is 2. The molecule has 0 spiro atoms. The zero-order valence-electron chi connectivity index (χ0n) is 13.9. The third kappa shape index (κ3) is 6.57. The van der Waals surface area contributed by atoms with Crippen molar-refractivity contribution in [1.82, 2.24) is 15.1 Å². The Balaban J connectivity index is 2.55. The maximum Gasteiger partial charge on any atom is 0.241 e. The fourth-order valence-corrected chi connectivity index (χ4v) is 3.10. The SMILES string of the molecule is CC(C)(C)CC(C)(C)NC(=O)CCn1cc(S(N)(=O)=O)cn1. The average Bonchev–Trinajstić information content (AvgIpc) is 2.69. The Morgan fingerprint density at radius 3 is 2.36 bits per heavy atom. The van der Waals surface area contributed by atoms with Gasteiger partial charge in [0.15, 0.2) is 0 Å². The van der Waals surface area contributed by atoms with Gasteiger partial charge in [0.05, 0.1) is 6.20 Å². The fraction of sp³-hybridized carbons (Fsp3) is 0.714. The van der Waals surface area contributed by atoms with Crippen LogP contribution in [-0.4, -0.2) is 29.6 Å². The van der Waals surface area contributed by atoms with Gasteiger partial charge < -0.3 is 5.32 Å². The number of carbonyl (C=O) groups excluding carboxylic acids is 1. The minimum absolute atomic E-state index is 0.0547. The highest BCUT2D eigenvalue weighted by Crippen LogP contribution is 2.26. The third-order valence-corrected chi connectivity index (χ3v) is 3.82. The van der Waals surface area contributed by atoms with Gasteiger partial charge in [-0.2, -0.15) is 5.10 Å². The molecule has 0 aliphatic heterocycles. The molecule has 0 saturated carbocycles. The van der Waals surface area contributed by atoms with Crippen molar-refractivity contribution < 1.29 is 13.2 Å². The van der Waals surface area contributed by atoms with E-state index < -0.39 is 10.0 Å². The van der Waals surface area contributed by atoms with E-state index in [1.54, 1.807) is 0 Å². The Morgan fingerprint density at radius 1 is 1.32 bits per heavy atom. The molecule has 1 heterocycles. The van der Waals surface area contributed by atoms with Crippen LogP contribution in [0.5, 0.6) is 0 Å². The molecule has 0 atom stereocenters. The number of nitrogens with zero attached hydrogens (tertiary/aromatic N) is 2. The molecule has 1 aromatic heterocycles. The van der Waals surface area contributed by atoms with E-state index in [0.717, 1.165) is 6.42 Å². The van der Waals surface area contributed by atoms with Crippen LogP contribution >= 0.6 is 0 Å². The third-order valence-electron chi connectivity index (χ3n) is 2.96. The molecular weight excluding hydrogens is 304 g/mol. The normalized spacial score (nSPS) is 13.2. The quantitative estimate of drug-likeness (QED) is 0.818. The lowest BCUT2D eigenvalue weighted by Gasteiger charge is -2.33. The van der Waals surface area contributed by atoms with Crippen molar-refractivity contribution in [2.75, 3.05) is 0 Å². The maximum absolute atomic E-state index is 12.0. The van der Waals surface area contributed by atoms with Crippen LogP contribution in [0.15, 0.2) is 17.3 Å². The van der Waals surface area contributed by atoms with E-state index in [0.29, 0.717) is 6.54 Å². The number of sulfonamides is 1. The van der Waals surface area contributed by atoms with Crippen molar-refractivity contribution in [2.24, 2.45) is 10.6 Å². The van der Waals surface area contributed by atoms with Crippen molar-refractivity contribution in [3.05, 3.63) is 12.4 Å². The number of primary sulfonamides is 1. The van der Waals surface area contributed by atoms with E-state index in [1.165, 1.54) is 17.1 Å². The molecule has 0 aliphatic rings. The second-order valence-electron chi connectivity index (χ2n) is 7.40. The summed E-state index contributed by atoms with van der Waals surface area (Å²) in [5.41, 5.74) is -0.186. The van der Waals surface area contributed by atoms with Crippen LogP contribution in [0.3, 0.4) is 0 Å². The highest BCUT2D eigenvalue weighted by atomic mass is 32.2. The van der Waals surface area contributed by atoms with Crippen molar-refractivity contribution in [3.63, 3.8) is 0 Å². The van der Waals surface area contributed by atoms with Gasteiger partial charge in [0.1, 0.15) is 4.90 Å². The summed E-state index contributed by atoms with van der Waals surface area (Å²) in [6.07, 6.45) is 3.57. The van der Waals surface area contributed by atoms with Crippen molar-refractivity contribution >= 4 is 15.9 Å². The van der Waals surface area contributed by atoms with E-state index in [9.17, 15) is 13.2 Å². The largest absolute Gasteiger partial charge is 0.351 e. The molecule has 3 N–H and O–H groups in total. The highest BCUT2D eigenvalue weighted by Gasteiger charge is 2.26. The highest BCUT2D eigenvalue weighted by molar-refractivity contribution is 7.89. The van der Waals surface area contributed by atoms with Gasteiger partial charge in [-0.25, -0.2) is 13.6 Å². The molecule has 126 valence electrons. The van der Waals surface area contributed by atoms with Gasteiger partial charge in [-0.3, -0.25) is 9.48 Å². The Hall–Kier alpha value is -1.41. The first-order valence-electron chi connectivity index (χ1n) is 7.15. The summed E-state index contributed by atoms with van der Waals surface area (Å²) in [5, 5.41) is 11.9. The molecule has 0 bridgehead atoms. The summed E-state index contributed by atoms with van der Waals surface area (Å²) >= 11 is 0. The standard InChI is InChI=1S/C14H26N4O3S/c1-13(2,3)10-14(4,5)17-12(19)6-7-18-9-11(8-16-18)22(15,20)21/h8-9H,6-7,10H2,1-5H3,(H,17,19)(H2,15,20,21). The second kappa shape index (κ2) is 6.37. The molecule has 1 aromatic rings. The van der Waals surface area contributed by atoms with Gasteiger partial charge in [-0.05, 0) is 25.7 Å². The summed E-state index contributed by atoms with van der Waals surface area (Å²) in [6.45, 7) is 10.7. The van der Waals surface area contributed by atoms with Crippen molar-refractivity contribution in [2.45, 2.75) is 64.4 Å². The van der Waals surface area contributed by atoms with E-state index in [1.807, 2.05) is 13.8 Å². The maximum atomic E-state index is 12.0. The summed E-state index contributed by atoms with van der Waals surface area (Å²) in [7, 11) is -3.75. The van der Waals surface area contributed by atoms with Crippen LogP contribution in [0.25, 0.3) is 0 Å². The van der Waals surface area contributed by atoms with Gasteiger partial charge >= 0.3 is 0 Å². The summed E-state index contributed by atoms with van der Waals surface area (Å²) in [6, 6.07) is 0. The van der Waals surface area contributed by atoms with Crippen LogP contribution in [0.1, 0.15) is 47.5 Å². The first kappa shape index (κ1) is 18.6. The van der Waals surface area contributed by atoms with Crippen LogP contribution in [0.2, 0.25) is 0 Å². The van der Waals surface area contributed by atoms with Gasteiger partial charge in [0.2, 0.25) is 15.9 Å². The van der Waals surface area contributed by atoms with Gasteiger partial charge in [0, 0.05) is 24.7 Å². The first-order valence-corrected chi connectivity index (χ1v) is 8.69. The summed E-state index contributed by atoms with van der Waals surface area (Å²) < 4.78 is 23.7. The van der Waals surface area contributed by atoms with Gasteiger partial charge in [-0.1, -0.05) is 20.8 Å². The Labute approximate surface area is 132 Å². The van der Waals surface area contributed by atoms with Crippen LogP contribution in [-0.2, 0) is 21.4 Å². The minimum Gasteiger partial charge on any atom is -0.351 e. The molecule has 8 heteroatoms. The zero-order valence-corrected chi connectivity index (χ0v) is 14.7. The topological polar surface area (TPSA) is 107 Å². The number of aryl methyl sites for hydroxylation is 1. The summed E-state index contributed by atoms with van der Waals surface area (Å²) in [4.78, 5) is 12.0. The zero-order chi connectivity index (χ0) is 17.2. The average molecular weight is 330 g/mol. The molecule has 22 heavy (non-hydrogen) atoms. The van der Waals surface area contributed by atoms with E-state index in [4.69, 9.17) is 5.14 Å². The van der Waals surface area contributed by atoms with Crippen molar-refractivity contribution in [1.29, 1.82) is 0 Å². The van der Waals surface area contributed by atoms with E-state index in [-0.39, 0.29) is 28.2 Å². The molecular formula is C14H26N4O3S. The fourth-order valence-electron chi connectivity index (χ4n) is 2.64. The number of hydrogen-bond acceptors (Lipinski definition) is 4. The smallest absolute Gasteiger partial charge is 0.241 e. The van der Waals surface area contributed by atoms with Crippen molar-refractivity contribution in [3.8, 4) is 0 Å². The number of nitrogens with two attached hydrogens (primary N) is 1. The van der Waals surface area contributed by atoms with Gasteiger partial charge in [-0.15, -0.1) is 0 Å². The van der Waals surface area contributed by atoms with Crippen LogP contribution in [0, 0.1) is 5.41 Å². The predicted molar refractivity (Wildman–Crippen MR) is 84.5 cm³/mol. The van der Waals surface area contributed by atoms with Crippen LogP contribution in [0.4, 0.5) is 0 Å². The lowest BCUT2D eigenvalue weighted by molar-refractivity contribution is -0.123. The molecule has 0 saturated heterocycles. The van der Waals surface area contributed by atoms with Gasteiger partial charge in [0.25, 0.3) is 0 Å². The molecule has 0 aromatic carbocycles. The lowest BCUT2D eigenvalue weighted by Crippen LogP contribution is -2.46. The molecule has 0 fully saturated rings. The number of amides is 1. The monoisotopic (exact) mass is 330 g/mol. The first-order chi connectivity index (χ1) is 9.78. The molecule has 7 nitrogen and oxygen atoms in total. The predicted octanol–water partition coefficient (Wildman–Crippen LogP) is 1.25. The molecule has 1 rings (SSSR count). The lowest BCUT2D eigenvalue weighted by atomic mass is 9.82. The number of carbonyl (C=O) groups is 1. The number of nitrogens with one attached hydrogen (secondary N) is 1. The number of hydrogen-bond donors (Lipinski definition) is 2. The van der Waals surface area contributed by atoms with Crippen LogP contribution < -0.4 is 10.5 Å². The van der Waals surface area contributed by atoms with E-state index >= 15 is 0 Å². The Morgan fingerprint density at radius 2 is 1.91 bits per heavy atom. The minimum atomic E-state index is -3.75. The molecule has 0 unspecified atom stereocenters.